The van der Waals surface area contributed by atoms with E-state index < -0.39 is 5.97 Å². The lowest BCUT2D eigenvalue weighted by Gasteiger charge is -2.09. The van der Waals surface area contributed by atoms with Crippen LogP contribution in [0, 0.1) is 6.92 Å². The summed E-state index contributed by atoms with van der Waals surface area (Å²) in [6, 6.07) is 14.0. The molecule has 2 amide bonds. The highest BCUT2D eigenvalue weighted by molar-refractivity contribution is 5.95. The maximum atomic E-state index is 12.5. The Morgan fingerprint density at radius 3 is 2.45 bits per heavy atom. The quantitative estimate of drug-likeness (QED) is 0.572. The minimum absolute atomic E-state index is 0.177. The van der Waals surface area contributed by atoms with Crippen LogP contribution in [-0.2, 0) is 11.3 Å². The van der Waals surface area contributed by atoms with Crippen molar-refractivity contribution in [2.24, 2.45) is 0 Å². The van der Waals surface area contributed by atoms with E-state index in [-0.39, 0.29) is 11.8 Å². The van der Waals surface area contributed by atoms with E-state index >= 15 is 0 Å². The third-order valence-corrected chi connectivity index (χ3v) is 4.75. The van der Waals surface area contributed by atoms with Crippen LogP contribution in [0.15, 0.2) is 54.7 Å². The highest BCUT2D eigenvalue weighted by Crippen LogP contribution is 2.16. The Balaban J connectivity index is 1.67. The van der Waals surface area contributed by atoms with Gasteiger partial charge in [-0.1, -0.05) is 12.1 Å². The molecule has 1 heterocycles. The van der Waals surface area contributed by atoms with Crippen molar-refractivity contribution in [3.63, 3.8) is 0 Å². The Bertz CT molecular complexity index is 1100. The highest BCUT2D eigenvalue weighted by atomic mass is 16.5. The van der Waals surface area contributed by atoms with Crippen LogP contribution < -0.4 is 10.6 Å². The summed E-state index contributed by atoms with van der Waals surface area (Å²) in [6.45, 7) is 4.13. The number of esters is 1. The Hall–Kier alpha value is -3.94. The number of amides is 2. The van der Waals surface area contributed by atoms with E-state index in [0.717, 1.165) is 11.3 Å². The second kappa shape index (κ2) is 9.71. The smallest absolute Gasteiger partial charge is 0.341 e. The molecule has 0 unspecified atom stereocenters. The molecule has 0 aliphatic rings. The summed E-state index contributed by atoms with van der Waals surface area (Å²) in [7, 11) is 1.57. The molecule has 31 heavy (non-hydrogen) atoms. The maximum absolute atomic E-state index is 12.5. The van der Waals surface area contributed by atoms with E-state index in [4.69, 9.17) is 4.74 Å². The first-order chi connectivity index (χ1) is 14.9. The number of aromatic nitrogens is 2. The molecule has 0 saturated carbocycles. The van der Waals surface area contributed by atoms with Crippen LogP contribution in [0.4, 0.5) is 0 Å². The molecule has 3 aromatic rings. The first-order valence-corrected chi connectivity index (χ1v) is 9.86. The summed E-state index contributed by atoms with van der Waals surface area (Å²) in [4.78, 5) is 36.2. The van der Waals surface area contributed by atoms with Crippen LogP contribution in [0.25, 0.3) is 5.69 Å². The minimum Gasteiger partial charge on any atom is -0.462 e. The SMILES string of the molecule is CCOC(=O)c1cnn(-c2ccc(C(=O)NCc3cccc(C(=O)NC)c3)cc2)c1C. The molecule has 8 heteroatoms. The van der Waals surface area contributed by atoms with Gasteiger partial charge in [-0.25, -0.2) is 9.48 Å². The zero-order chi connectivity index (χ0) is 22.4. The lowest BCUT2D eigenvalue weighted by molar-refractivity contribution is 0.0525. The number of benzene rings is 2. The Kier molecular flexibility index (Phi) is 6.81. The fourth-order valence-corrected chi connectivity index (χ4v) is 3.08. The van der Waals surface area contributed by atoms with Crippen molar-refractivity contribution in [3.8, 4) is 5.69 Å². The van der Waals surface area contributed by atoms with Gasteiger partial charge in [0.05, 0.1) is 24.2 Å². The molecule has 3 rings (SSSR count). The van der Waals surface area contributed by atoms with E-state index in [2.05, 4.69) is 15.7 Å². The Labute approximate surface area is 180 Å². The molecule has 0 radical (unpaired) electrons. The van der Waals surface area contributed by atoms with Crippen molar-refractivity contribution in [2.45, 2.75) is 20.4 Å². The van der Waals surface area contributed by atoms with Gasteiger partial charge in [0.25, 0.3) is 11.8 Å². The Morgan fingerprint density at radius 2 is 1.77 bits per heavy atom. The zero-order valence-electron chi connectivity index (χ0n) is 17.6. The fraction of sp³-hybridized carbons (Fsp3) is 0.217. The average Bonchev–Trinajstić information content (AvgIpc) is 3.18. The minimum atomic E-state index is -0.414. The van der Waals surface area contributed by atoms with Gasteiger partial charge in [-0.05, 0) is 55.8 Å². The molecular formula is C23H24N4O4. The first kappa shape index (κ1) is 21.8. The van der Waals surface area contributed by atoms with Crippen LogP contribution in [0.3, 0.4) is 0 Å². The molecule has 1 aromatic heterocycles. The van der Waals surface area contributed by atoms with E-state index in [1.54, 1.807) is 68.0 Å². The molecule has 0 atom stereocenters. The summed E-state index contributed by atoms with van der Waals surface area (Å²) in [5.41, 5.74) is 3.64. The molecule has 2 aromatic carbocycles. The van der Waals surface area contributed by atoms with Gasteiger partial charge in [0.15, 0.2) is 0 Å². The predicted octanol–water partition coefficient (Wildman–Crippen LogP) is 2.65. The van der Waals surface area contributed by atoms with Gasteiger partial charge >= 0.3 is 5.97 Å². The van der Waals surface area contributed by atoms with Crippen LogP contribution in [0.1, 0.15) is 49.3 Å². The second-order valence-electron chi connectivity index (χ2n) is 6.78. The van der Waals surface area contributed by atoms with Gasteiger partial charge in [0, 0.05) is 24.7 Å². The van der Waals surface area contributed by atoms with Gasteiger partial charge in [0.2, 0.25) is 0 Å². The summed E-state index contributed by atoms with van der Waals surface area (Å²) < 4.78 is 6.65. The first-order valence-electron chi connectivity index (χ1n) is 9.86. The number of ether oxygens (including phenoxy) is 1. The van der Waals surface area contributed by atoms with E-state index in [0.29, 0.717) is 35.5 Å². The van der Waals surface area contributed by atoms with Crippen molar-refractivity contribution in [3.05, 3.63) is 82.7 Å². The number of rotatable bonds is 7. The number of nitrogens with zero attached hydrogens (tertiary/aromatic N) is 2. The second-order valence-corrected chi connectivity index (χ2v) is 6.78. The van der Waals surface area contributed by atoms with Gasteiger partial charge in [-0.3, -0.25) is 9.59 Å². The lowest BCUT2D eigenvalue weighted by atomic mass is 10.1. The van der Waals surface area contributed by atoms with Gasteiger partial charge in [-0.2, -0.15) is 5.10 Å². The summed E-state index contributed by atoms with van der Waals surface area (Å²) in [6.07, 6.45) is 1.47. The molecule has 0 spiro atoms. The van der Waals surface area contributed by atoms with Gasteiger partial charge < -0.3 is 15.4 Å². The standard InChI is InChI=1S/C23H24N4O4/c1-4-31-23(30)20-14-26-27(15(20)2)19-10-8-17(9-11-19)22(29)25-13-16-6-5-7-18(12-16)21(28)24-3/h5-12,14H,4,13H2,1-3H3,(H,24,28)(H,25,29). The maximum Gasteiger partial charge on any atom is 0.341 e. The summed E-state index contributed by atoms with van der Waals surface area (Å²) >= 11 is 0. The zero-order valence-corrected chi connectivity index (χ0v) is 17.6. The van der Waals surface area contributed by atoms with Gasteiger partial charge in [0.1, 0.15) is 5.56 Å². The number of carbonyl (C=O) groups is 3. The molecule has 0 aliphatic heterocycles. The summed E-state index contributed by atoms with van der Waals surface area (Å²) in [5.74, 6) is -0.826. The van der Waals surface area contributed by atoms with Crippen LogP contribution >= 0.6 is 0 Å². The normalized spacial score (nSPS) is 10.4. The molecular weight excluding hydrogens is 396 g/mol. The van der Waals surface area contributed by atoms with Crippen molar-refractivity contribution in [1.29, 1.82) is 0 Å². The van der Waals surface area contributed by atoms with Crippen LogP contribution in [0.2, 0.25) is 0 Å². The van der Waals surface area contributed by atoms with Crippen molar-refractivity contribution in [2.75, 3.05) is 13.7 Å². The third-order valence-electron chi connectivity index (χ3n) is 4.75. The van der Waals surface area contributed by atoms with Crippen LogP contribution in [-0.4, -0.2) is 41.2 Å². The average molecular weight is 420 g/mol. The number of hydrogen-bond donors (Lipinski definition) is 2. The van der Waals surface area contributed by atoms with Crippen LogP contribution in [0.5, 0.6) is 0 Å². The molecule has 0 aliphatic carbocycles. The van der Waals surface area contributed by atoms with E-state index in [1.165, 1.54) is 6.20 Å². The summed E-state index contributed by atoms with van der Waals surface area (Å²) in [5, 5.41) is 9.68. The lowest BCUT2D eigenvalue weighted by Crippen LogP contribution is -2.23. The molecule has 160 valence electrons. The van der Waals surface area contributed by atoms with Crippen molar-refractivity contribution < 1.29 is 19.1 Å². The molecule has 2 N–H and O–H groups in total. The van der Waals surface area contributed by atoms with Gasteiger partial charge in [-0.15, -0.1) is 0 Å². The number of carbonyl (C=O) groups excluding carboxylic acids is 3. The number of nitrogens with one attached hydrogen (secondary N) is 2. The van der Waals surface area contributed by atoms with E-state index in [9.17, 15) is 14.4 Å². The Morgan fingerprint density at radius 1 is 1.03 bits per heavy atom. The predicted molar refractivity (Wildman–Crippen MR) is 115 cm³/mol. The van der Waals surface area contributed by atoms with Crippen molar-refractivity contribution >= 4 is 17.8 Å². The molecule has 8 nitrogen and oxygen atoms in total. The largest absolute Gasteiger partial charge is 0.462 e. The van der Waals surface area contributed by atoms with E-state index in [1.807, 2.05) is 6.07 Å². The fourth-order valence-electron chi connectivity index (χ4n) is 3.08. The molecule has 0 bridgehead atoms. The number of hydrogen-bond acceptors (Lipinski definition) is 5. The highest BCUT2D eigenvalue weighted by Gasteiger charge is 2.16. The monoisotopic (exact) mass is 420 g/mol. The van der Waals surface area contributed by atoms with Crippen molar-refractivity contribution in [1.82, 2.24) is 20.4 Å². The third kappa shape index (κ3) is 4.98. The molecule has 0 saturated heterocycles. The molecule has 0 fully saturated rings. The topological polar surface area (TPSA) is 102 Å².